The summed E-state index contributed by atoms with van der Waals surface area (Å²) in [6.07, 6.45) is 2.36. The molecule has 126 valence electrons. The highest BCUT2D eigenvalue weighted by Gasteiger charge is 1.96. The maximum absolute atomic E-state index is 10.4. The Morgan fingerprint density at radius 3 is 1.91 bits per heavy atom. The van der Waals surface area contributed by atoms with Gasteiger partial charge in [0.2, 0.25) is 5.91 Å². The molecular formula is C18H25NO4. The lowest BCUT2D eigenvalue weighted by molar-refractivity contribution is -0.132. The van der Waals surface area contributed by atoms with Crippen LogP contribution in [0.2, 0.25) is 0 Å². The Hall–Kier alpha value is -2.66. The molecular weight excluding hydrogens is 294 g/mol. The van der Waals surface area contributed by atoms with Crippen LogP contribution in [0.25, 0.3) is 6.08 Å². The van der Waals surface area contributed by atoms with Crippen LogP contribution in [0.4, 0.5) is 0 Å². The van der Waals surface area contributed by atoms with E-state index in [0.29, 0.717) is 12.0 Å². The van der Waals surface area contributed by atoms with Crippen molar-refractivity contribution in [3.63, 3.8) is 0 Å². The summed E-state index contributed by atoms with van der Waals surface area (Å²) >= 11 is 0. The second-order valence-corrected chi connectivity index (χ2v) is 4.32. The normalized spacial score (nSPS) is 8.30. The van der Waals surface area contributed by atoms with Gasteiger partial charge in [-0.3, -0.25) is 4.79 Å². The monoisotopic (exact) mass is 319 g/mol. The van der Waals surface area contributed by atoms with E-state index < -0.39 is 5.97 Å². The van der Waals surface area contributed by atoms with Crippen LogP contribution in [0, 0.1) is 0 Å². The zero-order valence-corrected chi connectivity index (χ0v) is 13.7. The molecule has 0 saturated heterocycles. The molecule has 1 amide bonds. The number of carboxylic acids is 1. The van der Waals surface area contributed by atoms with Gasteiger partial charge in [0.05, 0.1) is 0 Å². The van der Waals surface area contributed by atoms with E-state index >= 15 is 0 Å². The molecule has 0 heterocycles. The first kappa shape index (κ1) is 22.6. The summed E-state index contributed by atoms with van der Waals surface area (Å²) < 4.78 is 0. The van der Waals surface area contributed by atoms with Gasteiger partial charge in [-0.25, -0.2) is 4.79 Å². The van der Waals surface area contributed by atoms with Gasteiger partial charge in [0, 0.05) is 11.1 Å². The zero-order valence-electron chi connectivity index (χ0n) is 13.7. The lowest BCUT2D eigenvalue weighted by Gasteiger charge is -1.96. The van der Waals surface area contributed by atoms with E-state index in [1.807, 2.05) is 36.4 Å². The molecule has 0 bridgehead atoms. The molecule has 0 atom stereocenters. The molecule has 1 aromatic rings. The first-order chi connectivity index (χ1) is 10.8. The quantitative estimate of drug-likeness (QED) is 0.575. The van der Waals surface area contributed by atoms with Crippen LogP contribution >= 0.6 is 0 Å². The van der Waals surface area contributed by atoms with Crippen LogP contribution < -0.4 is 5.32 Å². The maximum atomic E-state index is 10.4. The molecule has 0 unspecified atom stereocenters. The largest absolute Gasteiger partial charge is 0.478 e. The van der Waals surface area contributed by atoms with Crippen molar-refractivity contribution in [2.45, 2.75) is 20.3 Å². The zero-order chi connectivity index (χ0) is 18.3. The molecule has 0 aliphatic rings. The standard InChI is InChI=1S/C8H8.C5H9NO2.C5H8O2/c1-2-8-6-4-3-5-7-8;1-4(2)5(8)6-3-7;1-3-4(2)5(6)7/h2-7H,1H2;7H,1,3H2,2H3,(H,6,8);2-3H2,1H3,(H,6,7). The minimum Gasteiger partial charge on any atom is -0.478 e. The highest BCUT2D eigenvalue weighted by Crippen LogP contribution is 1.97. The predicted octanol–water partition coefficient (Wildman–Crippen LogP) is 3.00. The van der Waals surface area contributed by atoms with Gasteiger partial charge in [-0.05, 0) is 18.9 Å². The van der Waals surface area contributed by atoms with Gasteiger partial charge < -0.3 is 15.5 Å². The van der Waals surface area contributed by atoms with Crippen molar-refractivity contribution in [3.8, 4) is 0 Å². The van der Waals surface area contributed by atoms with Crippen LogP contribution in [0.1, 0.15) is 25.8 Å². The Balaban J connectivity index is 0. The fourth-order valence-electron chi connectivity index (χ4n) is 0.963. The van der Waals surface area contributed by atoms with Crippen molar-refractivity contribution in [1.29, 1.82) is 0 Å². The Kier molecular flexibility index (Phi) is 14.0. The lowest BCUT2D eigenvalue weighted by atomic mass is 10.2. The van der Waals surface area contributed by atoms with Crippen molar-refractivity contribution in [3.05, 3.63) is 66.8 Å². The Bertz CT molecular complexity index is 521. The van der Waals surface area contributed by atoms with E-state index in [4.69, 9.17) is 10.2 Å². The summed E-state index contributed by atoms with van der Waals surface area (Å²) in [4.78, 5) is 20.2. The molecule has 0 aliphatic heterocycles. The second-order valence-electron chi connectivity index (χ2n) is 4.32. The van der Waals surface area contributed by atoms with Crippen LogP contribution in [0.15, 0.2) is 61.2 Å². The number of aliphatic hydroxyl groups is 1. The molecule has 0 saturated carbocycles. The Morgan fingerprint density at radius 2 is 1.74 bits per heavy atom. The van der Waals surface area contributed by atoms with E-state index in [2.05, 4.69) is 25.1 Å². The summed E-state index contributed by atoms with van der Waals surface area (Å²) in [5.74, 6) is -1.21. The number of nitrogens with one attached hydrogen (secondary N) is 1. The minimum absolute atomic E-state index is 0.264. The van der Waals surface area contributed by atoms with Crippen LogP contribution in [0.5, 0.6) is 0 Å². The van der Waals surface area contributed by atoms with E-state index in [1.165, 1.54) is 5.56 Å². The van der Waals surface area contributed by atoms with Crippen molar-refractivity contribution in [2.75, 3.05) is 6.73 Å². The highest BCUT2D eigenvalue weighted by molar-refractivity contribution is 5.91. The van der Waals surface area contributed by atoms with Crippen LogP contribution in [0.3, 0.4) is 0 Å². The number of carbonyl (C=O) groups is 2. The summed E-state index contributed by atoms with van der Waals surface area (Å²) in [5, 5.41) is 18.4. The third kappa shape index (κ3) is 14.1. The number of hydrogen-bond acceptors (Lipinski definition) is 3. The Morgan fingerprint density at radius 1 is 1.22 bits per heavy atom. The van der Waals surface area contributed by atoms with E-state index in [9.17, 15) is 9.59 Å². The molecule has 3 N–H and O–H groups in total. The van der Waals surface area contributed by atoms with E-state index in [0.717, 1.165) is 0 Å². The summed E-state index contributed by atoms with van der Waals surface area (Å²) in [6, 6.07) is 10.0. The smallest absolute Gasteiger partial charge is 0.330 e. The van der Waals surface area contributed by atoms with Crippen molar-refractivity contribution >= 4 is 18.0 Å². The number of carboxylic acid groups (broad SMARTS) is 1. The van der Waals surface area contributed by atoms with Gasteiger partial charge in [0.25, 0.3) is 0 Å². The molecule has 23 heavy (non-hydrogen) atoms. The molecule has 1 rings (SSSR count). The van der Waals surface area contributed by atoms with E-state index in [1.54, 1.807) is 13.8 Å². The molecule has 5 nitrogen and oxygen atoms in total. The molecule has 0 spiro atoms. The first-order valence-corrected chi connectivity index (χ1v) is 6.93. The van der Waals surface area contributed by atoms with Gasteiger partial charge in [-0.2, -0.15) is 0 Å². The third-order valence-corrected chi connectivity index (χ3v) is 2.39. The van der Waals surface area contributed by atoms with Crippen molar-refractivity contribution < 1.29 is 19.8 Å². The SMILES string of the molecule is C=C(C)C(=O)NCO.C=C(CC)C(=O)O.C=Cc1ccccc1. The number of benzene rings is 1. The van der Waals surface area contributed by atoms with Crippen molar-refractivity contribution in [2.24, 2.45) is 0 Å². The topological polar surface area (TPSA) is 86.6 Å². The predicted molar refractivity (Wildman–Crippen MR) is 93.6 cm³/mol. The highest BCUT2D eigenvalue weighted by atomic mass is 16.4. The molecule has 1 aromatic carbocycles. The van der Waals surface area contributed by atoms with Crippen LogP contribution in [-0.4, -0.2) is 28.8 Å². The van der Waals surface area contributed by atoms with Gasteiger partial charge in [-0.15, -0.1) is 0 Å². The molecule has 0 fully saturated rings. The lowest BCUT2D eigenvalue weighted by Crippen LogP contribution is -2.24. The van der Waals surface area contributed by atoms with Gasteiger partial charge in [-0.1, -0.05) is 63.1 Å². The number of carbonyl (C=O) groups excluding carboxylic acids is 1. The molecule has 0 aromatic heterocycles. The number of amides is 1. The summed E-state index contributed by atoms with van der Waals surface area (Å²) in [5.41, 5.74) is 1.84. The average Bonchev–Trinajstić information content (AvgIpc) is 2.56. The van der Waals surface area contributed by atoms with Gasteiger partial charge in [0.15, 0.2) is 0 Å². The molecule has 5 heteroatoms. The van der Waals surface area contributed by atoms with E-state index in [-0.39, 0.29) is 18.2 Å². The average molecular weight is 319 g/mol. The van der Waals surface area contributed by atoms with Gasteiger partial charge in [0.1, 0.15) is 6.73 Å². The van der Waals surface area contributed by atoms with Crippen molar-refractivity contribution in [1.82, 2.24) is 5.32 Å². The summed E-state index contributed by atoms with van der Waals surface area (Å²) in [7, 11) is 0. The Labute approximate surface area is 137 Å². The first-order valence-electron chi connectivity index (χ1n) is 6.93. The number of rotatable bonds is 5. The van der Waals surface area contributed by atoms with Gasteiger partial charge >= 0.3 is 5.97 Å². The summed E-state index contributed by atoms with van der Waals surface area (Å²) in [6.45, 7) is 13.3. The number of aliphatic hydroxyl groups excluding tert-OH is 1. The molecule has 0 radical (unpaired) electrons. The fourth-order valence-corrected chi connectivity index (χ4v) is 0.963. The third-order valence-electron chi connectivity index (χ3n) is 2.39. The molecule has 0 aliphatic carbocycles. The number of hydrogen-bond donors (Lipinski definition) is 3. The van der Waals surface area contributed by atoms with Crippen LogP contribution in [-0.2, 0) is 9.59 Å². The maximum Gasteiger partial charge on any atom is 0.330 e. The fraction of sp³-hybridized carbons (Fsp3) is 0.222. The number of aliphatic carboxylic acids is 1. The second kappa shape index (κ2) is 14.3. The minimum atomic E-state index is -0.900.